The van der Waals surface area contributed by atoms with E-state index < -0.39 is 10.1 Å². The average Bonchev–Trinajstić information content (AvgIpc) is 3.27. The minimum Gasteiger partial charge on any atom is -0.493 e. The topological polar surface area (TPSA) is 90.0 Å². The molecule has 7 nitrogen and oxygen atoms in total. The fourth-order valence-corrected chi connectivity index (χ4v) is 5.29. The zero-order chi connectivity index (χ0) is 26.0. The van der Waals surface area contributed by atoms with Crippen LogP contribution in [0.2, 0.25) is 0 Å². The van der Waals surface area contributed by atoms with E-state index in [0.29, 0.717) is 22.5 Å². The van der Waals surface area contributed by atoms with Gasteiger partial charge in [-0.1, -0.05) is 60.7 Å². The summed E-state index contributed by atoms with van der Waals surface area (Å²) in [5, 5.41) is 9.94. The maximum absolute atomic E-state index is 13.6. The molecular formula is C29H22N2O5S. The van der Waals surface area contributed by atoms with Crippen LogP contribution in [0.25, 0.3) is 27.9 Å². The molecule has 8 heteroatoms. The number of fused-ring (bicyclic) bond motifs is 1. The van der Waals surface area contributed by atoms with Gasteiger partial charge in [0.15, 0.2) is 17.2 Å². The van der Waals surface area contributed by atoms with Crippen LogP contribution in [0.3, 0.4) is 0 Å². The highest BCUT2D eigenvalue weighted by Gasteiger charge is 2.29. The van der Waals surface area contributed by atoms with Crippen LogP contribution in [0.1, 0.15) is 5.56 Å². The van der Waals surface area contributed by atoms with Crippen molar-refractivity contribution in [2.24, 2.45) is 0 Å². The van der Waals surface area contributed by atoms with E-state index in [2.05, 4.69) is 6.07 Å². The van der Waals surface area contributed by atoms with Crippen molar-refractivity contribution >= 4 is 15.6 Å². The Kier molecular flexibility index (Phi) is 6.30. The lowest BCUT2D eigenvalue weighted by Gasteiger charge is -2.12. The number of ether oxygens (including phenoxy) is 2. The first-order chi connectivity index (χ1) is 18.0. The maximum Gasteiger partial charge on any atom is 0.339 e. The summed E-state index contributed by atoms with van der Waals surface area (Å²) < 4.78 is 45.5. The van der Waals surface area contributed by atoms with Gasteiger partial charge in [-0.2, -0.15) is 13.7 Å². The van der Waals surface area contributed by atoms with Gasteiger partial charge < -0.3 is 18.1 Å². The molecule has 0 aliphatic heterocycles. The van der Waals surface area contributed by atoms with E-state index in [1.54, 1.807) is 22.7 Å². The van der Waals surface area contributed by atoms with Gasteiger partial charge in [0.05, 0.1) is 31.0 Å². The van der Waals surface area contributed by atoms with Crippen molar-refractivity contribution in [1.82, 2.24) is 4.40 Å². The second-order valence-corrected chi connectivity index (χ2v) is 9.64. The van der Waals surface area contributed by atoms with Crippen LogP contribution in [0, 0.1) is 11.3 Å². The molecule has 5 aromatic rings. The van der Waals surface area contributed by atoms with Crippen LogP contribution >= 0.6 is 0 Å². The first-order valence-electron chi connectivity index (χ1n) is 11.3. The minimum atomic E-state index is -4.34. The van der Waals surface area contributed by atoms with E-state index in [9.17, 15) is 13.7 Å². The second kappa shape index (κ2) is 9.72. The monoisotopic (exact) mass is 510 g/mol. The van der Waals surface area contributed by atoms with Crippen molar-refractivity contribution < 1.29 is 22.1 Å². The summed E-state index contributed by atoms with van der Waals surface area (Å²) in [6.45, 7) is 0. The zero-order valence-electron chi connectivity index (χ0n) is 20.1. The molecule has 5 rings (SSSR count). The van der Waals surface area contributed by atoms with Crippen molar-refractivity contribution in [3.05, 3.63) is 103 Å². The summed E-state index contributed by atoms with van der Waals surface area (Å²) in [6, 6.07) is 28.7. The van der Waals surface area contributed by atoms with Crippen LogP contribution in [0.4, 0.5) is 0 Å². The number of hydrogen-bond acceptors (Lipinski definition) is 6. The Labute approximate surface area is 214 Å². The minimum absolute atomic E-state index is 0.0667. The molecule has 0 atom stereocenters. The number of methoxy groups -OCH3 is 2. The number of aromatic nitrogens is 1. The maximum atomic E-state index is 13.6. The van der Waals surface area contributed by atoms with E-state index in [0.717, 1.165) is 11.1 Å². The summed E-state index contributed by atoms with van der Waals surface area (Å²) in [6.07, 6.45) is 1.79. The molecule has 0 aliphatic carbocycles. The van der Waals surface area contributed by atoms with Gasteiger partial charge >= 0.3 is 10.1 Å². The second-order valence-electron chi connectivity index (χ2n) is 8.09. The third-order valence-corrected chi connectivity index (χ3v) is 7.20. The molecule has 0 saturated carbocycles. The Morgan fingerprint density at radius 2 is 1.43 bits per heavy atom. The molecule has 2 heterocycles. The van der Waals surface area contributed by atoms with E-state index in [-0.39, 0.29) is 22.0 Å². The average molecular weight is 511 g/mol. The molecule has 3 aromatic carbocycles. The van der Waals surface area contributed by atoms with Crippen LogP contribution < -0.4 is 13.7 Å². The molecule has 0 N–H and O–H groups in total. The number of hydrogen-bond donors (Lipinski definition) is 0. The summed E-state index contributed by atoms with van der Waals surface area (Å²) in [5.74, 6) is 0.704. The van der Waals surface area contributed by atoms with Crippen molar-refractivity contribution in [1.29, 1.82) is 5.26 Å². The fourth-order valence-electron chi connectivity index (χ4n) is 4.33. The van der Waals surface area contributed by atoms with Gasteiger partial charge in [0.25, 0.3) is 0 Å². The van der Waals surface area contributed by atoms with Crippen molar-refractivity contribution in [2.75, 3.05) is 14.2 Å². The van der Waals surface area contributed by atoms with Crippen LogP contribution in [-0.4, -0.2) is 27.0 Å². The highest BCUT2D eigenvalue weighted by atomic mass is 32.2. The van der Waals surface area contributed by atoms with Crippen molar-refractivity contribution in [3.8, 4) is 45.7 Å². The number of pyridine rings is 1. The van der Waals surface area contributed by atoms with Gasteiger partial charge in [-0.15, -0.1) is 0 Å². The predicted octanol–water partition coefficient (Wildman–Crippen LogP) is 5.93. The molecule has 0 radical (unpaired) electrons. The van der Waals surface area contributed by atoms with Crippen LogP contribution in [0.15, 0.2) is 102 Å². The Balaban J connectivity index is 1.82. The summed E-state index contributed by atoms with van der Waals surface area (Å²) in [5.41, 5.74) is 3.47. The van der Waals surface area contributed by atoms with E-state index in [1.807, 2.05) is 60.7 Å². The quantitative estimate of drug-likeness (QED) is 0.252. The lowest BCUT2D eigenvalue weighted by Crippen LogP contribution is -2.11. The van der Waals surface area contributed by atoms with Gasteiger partial charge in [0, 0.05) is 12.3 Å². The summed E-state index contributed by atoms with van der Waals surface area (Å²) in [4.78, 5) is -0.112. The van der Waals surface area contributed by atoms with Gasteiger partial charge in [-0.25, -0.2) is 0 Å². The highest BCUT2D eigenvalue weighted by molar-refractivity contribution is 7.87. The number of nitrogens with zero attached hydrogens (tertiary/aromatic N) is 2. The Morgan fingerprint density at radius 3 is 2.05 bits per heavy atom. The van der Waals surface area contributed by atoms with Crippen molar-refractivity contribution in [3.63, 3.8) is 0 Å². The molecular weight excluding hydrogens is 488 g/mol. The predicted molar refractivity (Wildman–Crippen MR) is 140 cm³/mol. The molecule has 0 fully saturated rings. The molecule has 0 amide bonds. The molecule has 0 saturated heterocycles. The first kappa shape index (κ1) is 24.0. The highest BCUT2D eigenvalue weighted by Crippen LogP contribution is 2.46. The van der Waals surface area contributed by atoms with Crippen LogP contribution in [-0.2, 0) is 10.1 Å². The zero-order valence-corrected chi connectivity index (χ0v) is 20.9. The van der Waals surface area contributed by atoms with E-state index in [4.69, 9.17) is 13.7 Å². The fraction of sp³-hybridized carbons (Fsp3) is 0.0690. The summed E-state index contributed by atoms with van der Waals surface area (Å²) in [7, 11) is -1.45. The third-order valence-electron chi connectivity index (χ3n) is 5.98. The lowest BCUT2D eigenvalue weighted by atomic mass is 10.0. The normalized spacial score (nSPS) is 11.2. The molecule has 2 aromatic heterocycles. The number of nitriles is 1. The van der Waals surface area contributed by atoms with Gasteiger partial charge in [-0.3, -0.25) is 0 Å². The number of benzene rings is 3. The van der Waals surface area contributed by atoms with Gasteiger partial charge in [0.2, 0.25) is 0 Å². The van der Waals surface area contributed by atoms with Gasteiger partial charge in [0.1, 0.15) is 16.5 Å². The Hall–Kier alpha value is -4.74. The first-order valence-corrected chi connectivity index (χ1v) is 12.7. The molecule has 184 valence electrons. The lowest BCUT2D eigenvalue weighted by molar-refractivity contribution is 0.353. The van der Waals surface area contributed by atoms with E-state index in [1.165, 1.54) is 32.4 Å². The third kappa shape index (κ3) is 4.26. The number of rotatable bonds is 7. The standard InChI is InChI=1S/C29H22N2O5S/c1-34-24-16-15-23(18-25(24)35-2)37(32,33)36-29-26(20-10-5-3-6-11-20)27(21-12-7-4-8-13-21)31-17-9-14-22(19-30)28(29)31/h3-18H,1-2H3. The van der Waals surface area contributed by atoms with Crippen molar-refractivity contribution in [2.45, 2.75) is 4.90 Å². The SMILES string of the molecule is COc1ccc(S(=O)(=O)Oc2c(-c3ccccc3)c(-c3ccccc3)n3cccc(C#N)c23)cc1OC. The Morgan fingerprint density at radius 1 is 0.784 bits per heavy atom. The smallest absolute Gasteiger partial charge is 0.339 e. The molecule has 37 heavy (non-hydrogen) atoms. The molecule has 0 spiro atoms. The van der Waals surface area contributed by atoms with Gasteiger partial charge in [-0.05, 0) is 35.4 Å². The molecule has 0 unspecified atom stereocenters. The summed E-state index contributed by atoms with van der Waals surface area (Å²) >= 11 is 0. The van der Waals surface area contributed by atoms with E-state index >= 15 is 0 Å². The largest absolute Gasteiger partial charge is 0.493 e. The van der Waals surface area contributed by atoms with Crippen LogP contribution in [0.5, 0.6) is 17.2 Å². The molecule has 0 aliphatic rings. The molecule has 0 bridgehead atoms. The Bertz CT molecular complexity index is 1740.